The van der Waals surface area contributed by atoms with Crippen LogP contribution in [0.3, 0.4) is 0 Å². The number of nitrogens with one attached hydrogen (secondary N) is 1. The van der Waals surface area contributed by atoms with Crippen LogP contribution in [-0.2, 0) is 0 Å². The molecule has 0 radical (unpaired) electrons. The Morgan fingerprint density at radius 1 is 0.248 bits per heavy atom. The highest BCUT2D eigenvalue weighted by molar-refractivity contribution is 7.79. The lowest BCUT2D eigenvalue weighted by Gasteiger charge is -2.31. The second kappa shape index (κ2) is 27.2. The van der Waals surface area contributed by atoms with Crippen molar-refractivity contribution in [3.63, 3.8) is 0 Å². The first kappa shape index (κ1) is 61.6. The van der Waals surface area contributed by atoms with E-state index >= 15 is 0 Å². The van der Waals surface area contributed by atoms with E-state index in [9.17, 15) is 5.41 Å². The van der Waals surface area contributed by atoms with Crippen LogP contribution >= 0.6 is 12.8 Å². The molecule has 16 aromatic rings. The summed E-state index contributed by atoms with van der Waals surface area (Å²) >= 11 is 4.72. The van der Waals surface area contributed by atoms with Crippen molar-refractivity contribution >= 4 is 63.0 Å². The van der Waals surface area contributed by atoms with Gasteiger partial charge in [0.25, 0.3) is 0 Å². The van der Waals surface area contributed by atoms with Gasteiger partial charge in [0.1, 0.15) is 5.71 Å². The van der Waals surface area contributed by atoms with Gasteiger partial charge in [-0.05, 0) is 239 Å². The summed E-state index contributed by atoms with van der Waals surface area (Å²) in [5, 5.41) is 12.5. The van der Waals surface area contributed by atoms with E-state index in [1.807, 2.05) is 0 Å². The van der Waals surface area contributed by atoms with Gasteiger partial charge < -0.3 is 9.47 Å². The molecule has 5 heteroatoms. The second-order valence-corrected chi connectivity index (χ2v) is 25.9. The highest BCUT2D eigenvalue weighted by atomic mass is 32.1. The maximum Gasteiger partial charge on any atom is 0.121 e. The molecule has 476 valence electrons. The van der Waals surface area contributed by atoms with Crippen molar-refractivity contribution in [3.05, 3.63) is 400 Å². The summed E-state index contributed by atoms with van der Waals surface area (Å²) in [4.78, 5) is 2.21. The molecule has 1 aliphatic carbocycles. The van der Waals surface area contributed by atoms with Crippen molar-refractivity contribution in [2.45, 2.75) is 0 Å². The van der Waals surface area contributed by atoms with E-state index in [0.717, 1.165) is 134 Å². The van der Waals surface area contributed by atoms with Crippen LogP contribution in [0.2, 0.25) is 0 Å². The zero-order chi connectivity index (χ0) is 67.6. The molecule has 1 N–H and O–H groups in total. The zero-order valence-electron chi connectivity index (χ0n) is 55.2. The summed E-state index contributed by atoms with van der Waals surface area (Å²) in [5.41, 5.74) is 31.1. The van der Waals surface area contributed by atoms with Crippen LogP contribution in [0.1, 0.15) is 5.56 Å². The van der Waals surface area contributed by atoms with Crippen LogP contribution < -0.4 is 4.90 Å². The molecule has 1 aromatic heterocycles. The van der Waals surface area contributed by atoms with Gasteiger partial charge in [-0.2, -0.15) is 0 Å². The summed E-state index contributed by atoms with van der Waals surface area (Å²) in [5.74, 6) is 0. The molecule has 0 atom stereocenters. The first-order valence-corrected chi connectivity index (χ1v) is 34.6. The predicted molar refractivity (Wildman–Crippen MR) is 430 cm³/mol. The minimum atomic E-state index is 0.270. The number of benzene rings is 15. The molecule has 15 aromatic carbocycles. The molecule has 1 aliphatic rings. The maximum absolute atomic E-state index is 10.1. The van der Waals surface area contributed by atoms with Gasteiger partial charge in [0.15, 0.2) is 0 Å². The van der Waals surface area contributed by atoms with Crippen molar-refractivity contribution < 1.29 is 0 Å². The molecule has 0 aliphatic heterocycles. The molecular formula is C96H66N4S. The van der Waals surface area contributed by atoms with Crippen LogP contribution in [0.5, 0.6) is 0 Å². The van der Waals surface area contributed by atoms with Crippen molar-refractivity contribution in [2.75, 3.05) is 4.90 Å². The largest absolute Gasteiger partial charge is 0.309 e. The highest BCUT2D eigenvalue weighted by Gasteiger charge is 2.28. The van der Waals surface area contributed by atoms with E-state index < -0.39 is 0 Å². The van der Waals surface area contributed by atoms with Gasteiger partial charge in [-0.1, -0.05) is 279 Å². The monoisotopic (exact) mass is 1310 g/mol. The fraction of sp³-hybridized carbons (Fsp3) is 0. The Balaban J connectivity index is 0.747. The Hall–Kier alpha value is -12.9. The average molecular weight is 1310 g/mol. The van der Waals surface area contributed by atoms with Gasteiger partial charge >= 0.3 is 0 Å². The average Bonchev–Trinajstić information content (AvgIpc) is 0.878. The lowest BCUT2D eigenvalue weighted by molar-refractivity contribution is 1.18. The number of hydrogen-bond acceptors (Lipinski definition) is 4. The number of thiol groups is 1. The fourth-order valence-corrected chi connectivity index (χ4v) is 14.5. The summed E-state index contributed by atoms with van der Waals surface area (Å²) in [7, 11) is 0. The molecule has 0 fully saturated rings. The zero-order valence-corrected chi connectivity index (χ0v) is 56.1. The van der Waals surface area contributed by atoms with Crippen LogP contribution in [0.15, 0.2) is 398 Å². The number of allylic oxidation sites excluding steroid dienone is 4. The van der Waals surface area contributed by atoms with Crippen LogP contribution in [0.4, 0.5) is 11.4 Å². The van der Waals surface area contributed by atoms with Crippen molar-refractivity contribution in [1.82, 2.24) is 4.57 Å². The Morgan fingerprint density at radius 2 is 0.505 bits per heavy atom. The Morgan fingerprint density at radius 3 is 0.822 bits per heavy atom. The molecule has 17 rings (SSSR count). The van der Waals surface area contributed by atoms with Gasteiger partial charge in [-0.25, -0.2) is 4.40 Å². The van der Waals surface area contributed by atoms with Gasteiger partial charge in [-0.15, -0.1) is 0 Å². The number of anilines is 2. The first-order chi connectivity index (χ1) is 49.9. The third-order valence-corrected chi connectivity index (χ3v) is 19.8. The molecule has 0 spiro atoms. The van der Waals surface area contributed by atoms with Crippen LogP contribution in [0, 0.1) is 5.41 Å². The summed E-state index contributed by atoms with van der Waals surface area (Å²) in [6.45, 7) is 0. The Kier molecular flexibility index (Phi) is 16.6. The number of nitrogens with zero attached hydrogens (tertiary/aromatic N) is 3. The summed E-state index contributed by atoms with van der Waals surface area (Å²) < 4.78 is 7.07. The SMILES string of the molecule is N=C1C(c2ccc(-n3c4ccc(-c5ccc(-c6ccccc6)cc5)cc4c4cc(-c5ccc(-c6ccccc6)cc5)ccc43)cc2)=CC=C(N(c2ccc(-c3cc(-c4ccccc4)cc(-c4ccccc4)c3)cc2)c2ccc(-c3cc(-c4ccccc4)cc(-c4ccccc4)c3)cc2)C1=NS. The molecule has 0 saturated carbocycles. The standard InChI is InChI=1S/C96H66N4S/c97-95-89(77-43-51-88(52-44-77)100-92-54-45-78(73-35-31-71(32-36-73)65-19-7-1-8-20-65)63-90(92)91-64-79(46-55-93(91)100)74-37-33-72(34-38-74)66-21-9-2-10-22-66)53-56-94(96(95)98-101)99(86-47-39-75(40-48-86)84-59-80(67-23-11-3-12-24-67)57-81(60-84)68-25-13-4-14-26-68)87-49-41-76(42-50-87)85-61-82(69-27-15-5-16-28-69)58-83(62-85)70-29-17-6-18-30-70/h1-64,97,101H. The molecule has 101 heavy (non-hydrogen) atoms. The number of hydrogen-bond donors (Lipinski definition) is 2. The Bertz CT molecular complexity index is 5380. The summed E-state index contributed by atoms with van der Waals surface area (Å²) in [6.07, 6.45) is 4.16. The van der Waals surface area contributed by atoms with E-state index in [2.05, 4.69) is 398 Å². The molecule has 0 bridgehead atoms. The number of fused-ring (bicyclic) bond motifs is 3. The third-order valence-electron chi connectivity index (χ3n) is 19.6. The van der Waals surface area contributed by atoms with Crippen molar-refractivity contribution in [2.24, 2.45) is 4.40 Å². The first-order valence-electron chi connectivity index (χ1n) is 34.2. The third kappa shape index (κ3) is 12.3. The van der Waals surface area contributed by atoms with Gasteiger partial charge in [0.2, 0.25) is 0 Å². The topological polar surface area (TPSA) is 44.4 Å². The van der Waals surface area contributed by atoms with Gasteiger partial charge in [0, 0.05) is 33.4 Å². The molecule has 0 unspecified atom stereocenters. The molecule has 1 heterocycles. The van der Waals surface area contributed by atoms with E-state index in [1.165, 1.54) is 33.0 Å². The quantitative estimate of drug-likeness (QED) is 0.0780. The molecular weight excluding hydrogens is 1240 g/mol. The lowest BCUT2D eigenvalue weighted by Crippen LogP contribution is -2.30. The number of aromatic nitrogens is 1. The van der Waals surface area contributed by atoms with Gasteiger partial charge in [-0.3, -0.25) is 5.41 Å². The molecule has 4 nitrogen and oxygen atoms in total. The van der Waals surface area contributed by atoms with Gasteiger partial charge in [0.05, 0.1) is 22.4 Å². The lowest BCUT2D eigenvalue weighted by atomic mass is 9.91. The minimum absolute atomic E-state index is 0.270. The Labute approximate surface area is 594 Å². The normalized spacial score (nSPS) is 12.6. The second-order valence-electron chi connectivity index (χ2n) is 25.7. The molecule has 0 saturated heterocycles. The minimum Gasteiger partial charge on any atom is -0.309 e. The predicted octanol–water partition coefficient (Wildman–Crippen LogP) is 25.9. The highest BCUT2D eigenvalue weighted by Crippen LogP contribution is 2.43. The van der Waals surface area contributed by atoms with Crippen molar-refractivity contribution in [3.8, 4) is 117 Å². The smallest absolute Gasteiger partial charge is 0.121 e. The fourth-order valence-electron chi connectivity index (χ4n) is 14.3. The van der Waals surface area contributed by atoms with E-state index in [-0.39, 0.29) is 5.71 Å². The van der Waals surface area contributed by atoms with Crippen LogP contribution in [-0.4, -0.2) is 16.0 Å². The maximum atomic E-state index is 10.1. The van der Waals surface area contributed by atoms with E-state index in [0.29, 0.717) is 5.71 Å². The van der Waals surface area contributed by atoms with E-state index in [4.69, 9.17) is 17.2 Å². The molecule has 0 amide bonds. The van der Waals surface area contributed by atoms with Crippen molar-refractivity contribution in [1.29, 1.82) is 5.41 Å². The van der Waals surface area contributed by atoms with Crippen LogP contribution in [0.25, 0.3) is 144 Å². The van der Waals surface area contributed by atoms with E-state index in [1.54, 1.807) is 0 Å². The number of rotatable bonds is 15. The summed E-state index contributed by atoms with van der Waals surface area (Å²) in [6, 6.07) is 135.